The van der Waals surface area contributed by atoms with Gasteiger partial charge in [-0.3, -0.25) is 0 Å². The number of ether oxygens (including phenoxy) is 1. The average Bonchev–Trinajstić information content (AvgIpc) is 3.00. The second-order valence-corrected chi connectivity index (χ2v) is 5.10. The maximum Gasteiger partial charge on any atom is 0.340 e. The molecular weight excluding hydrogens is 230 g/mol. The molecule has 1 saturated heterocycles. The predicted molar refractivity (Wildman–Crippen MR) is 68.5 cm³/mol. The molecule has 2 fully saturated rings. The van der Waals surface area contributed by atoms with E-state index >= 15 is 0 Å². The maximum absolute atomic E-state index is 11.8. The molecule has 2 unspecified atom stereocenters. The van der Waals surface area contributed by atoms with Gasteiger partial charge in [-0.1, -0.05) is 0 Å². The Bertz CT molecular complexity index is 489. The van der Waals surface area contributed by atoms with Gasteiger partial charge in [-0.25, -0.2) is 9.78 Å². The second-order valence-electron chi connectivity index (χ2n) is 5.10. The van der Waals surface area contributed by atoms with Crippen molar-refractivity contribution in [3.8, 4) is 0 Å². The molecule has 5 heteroatoms. The number of piperidine rings is 1. The summed E-state index contributed by atoms with van der Waals surface area (Å²) in [6.45, 7) is 1.01. The van der Waals surface area contributed by atoms with Gasteiger partial charge >= 0.3 is 5.97 Å². The highest BCUT2D eigenvalue weighted by molar-refractivity contribution is 5.96. The molecule has 1 saturated carbocycles. The number of esters is 1. The Morgan fingerprint density at radius 2 is 2.39 bits per heavy atom. The Labute approximate surface area is 106 Å². The van der Waals surface area contributed by atoms with Crippen LogP contribution in [0.3, 0.4) is 0 Å². The Hall–Kier alpha value is -1.78. The van der Waals surface area contributed by atoms with Gasteiger partial charge in [-0.2, -0.15) is 0 Å². The van der Waals surface area contributed by atoms with Crippen molar-refractivity contribution in [1.29, 1.82) is 0 Å². The topological polar surface area (TPSA) is 68.5 Å². The van der Waals surface area contributed by atoms with Crippen molar-refractivity contribution >= 4 is 17.5 Å². The molecule has 2 atom stereocenters. The highest BCUT2D eigenvalue weighted by Gasteiger charge is 2.39. The molecule has 2 heterocycles. The summed E-state index contributed by atoms with van der Waals surface area (Å²) < 4.78 is 4.82. The number of aromatic nitrogens is 1. The predicted octanol–water partition coefficient (Wildman–Crippen LogP) is 1.44. The lowest BCUT2D eigenvalue weighted by Crippen LogP contribution is -2.33. The lowest BCUT2D eigenvalue weighted by atomic mass is 10.1. The maximum atomic E-state index is 11.8. The monoisotopic (exact) mass is 247 g/mol. The molecule has 1 aromatic heterocycles. The van der Waals surface area contributed by atoms with E-state index in [2.05, 4.69) is 9.88 Å². The van der Waals surface area contributed by atoms with Crippen molar-refractivity contribution in [2.24, 2.45) is 5.92 Å². The fraction of sp³-hybridized carbons (Fsp3) is 0.538. The molecule has 1 aliphatic carbocycles. The van der Waals surface area contributed by atoms with Crippen LogP contribution in [0.15, 0.2) is 12.3 Å². The zero-order valence-corrected chi connectivity index (χ0v) is 10.4. The summed E-state index contributed by atoms with van der Waals surface area (Å²) in [7, 11) is 1.39. The minimum atomic E-state index is -0.345. The first-order valence-electron chi connectivity index (χ1n) is 6.29. The fourth-order valence-electron chi connectivity index (χ4n) is 3.19. The van der Waals surface area contributed by atoms with Gasteiger partial charge in [0, 0.05) is 12.6 Å². The molecule has 2 bridgehead atoms. The molecule has 0 spiro atoms. The van der Waals surface area contributed by atoms with Crippen LogP contribution in [0.2, 0.25) is 0 Å². The van der Waals surface area contributed by atoms with Crippen LogP contribution in [0.5, 0.6) is 0 Å². The van der Waals surface area contributed by atoms with Crippen LogP contribution in [-0.4, -0.2) is 30.6 Å². The first-order chi connectivity index (χ1) is 8.69. The minimum Gasteiger partial charge on any atom is -0.465 e. The summed E-state index contributed by atoms with van der Waals surface area (Å²) in [5, 5.41) is 0. The van der Waals surface area contributed by atoms with Crippen LogP contribution < -0.4 is 10.6 Å². The lowest BCUT2D eigenvalue weighted by molar-refractivity contribution is 0.0601. The molecule has 0 aromatic carbocycles. The summed E-state index contributed by atoms with van der Waals surface area (Å²) in [5.41, 5.74) is 7.05. The van der Waals surface area contributed by atoms with E-state index in [4.69, 9.17) is 10.5 Å². The van der Waals surface area contributed by atoms with Crippen LogP contribution in [0.1, 0.15) is 29.6 Å². The van der Waals surface area contributed by atoms with E-state index in [1.54, 1.807) is 12.3 Å². The van der Waals surface area contributed by atoms with Gasteiger partial charge < -0.3 is 15.4 Å². The number of nitrogens with two attached hydrogens (primary N) is 1. The number of nitrogen functional groups attached to an aromatic ring is 1. The summed E-state index contributed by atoms with van der Waals surface area (Å²) >= 11 is 0. The Balaban J connectivity index is 1.98. The molecule has 1 aliphatic heterocycles. The van der Waals surface area contributed by atoms with Crippen LogP contribution in [0, 0.1) is 5.92 Å². The van der Waals surface area contributed by atoms with Gasteiger partial charge in [0.2, 0.25) is 0 Å². The van der Waals surface area contributed by atoms with Crippen molar-refractivity contribution in [2.75, 3.05) is 24.3 Å². The van der Waals surface area contributed by atoms with Gasteiger partial charge in [0.15, 0.2) is 0 Å². The minimum absolute atomic E-state index is 0.345. The average molecular weight is 247 g/mol. The van der Waals surface area contributed by atoms with E-state index in [0.717, 1.165) is 18.2 Å². The van der Waals surface area contributed by atoms with E-state index in [9.17, 15) is 4.79 Å². The van der Waals surface area contributed by atoms with E-state index in [1.807, 2.05) is 0 Å². The number of pyridine rings is 1. The SMILES string of the molecule is COC(=O)c1cc(N)ncc1N1CC2CCC1C2. The van der Waals surface area contributed by atoms with Crippen molar-refractivity contribution < 1.29 is 9.53 Å². The molecule has 0 radical (unpaired) electrons. The zero-order chi connectivity index (χ0) is 12.7. The van der Waals surface area contributed by atoms with Crippen molar-refractivity contribution in [2.45, 2.75) is 25.3 Å². The number of hydrogen-bond acceptors (Lipinski definition) is 5. The summed E-state index contributed by atoms with van der Waals surface area (Å²) in [5.74, 6) is 0.767. The van der Waals surface area contributed by atoms with Crippen LogP contribution >= 0.6 is 0 Å². The Kier molecular flexibility index (Phi) is 2.61. The lowest BCUT2D eigenvalue weighted by Gasteiger charge is -2.30. The molecule has 2 aliphatic rings. The van der Waals surface area contributed by atoms with Gasteiger partial charge in [-0.05, 0) is 31.2 Å². The second kappa shape index (κ2) is 4.15. The van der Waals surface area contributed by atoms with Crippen molar-refractivity contribution in [3.63, 3.8) is 0 Å². The summed E-state index contributed by atoms with van der Waals surface area (Å²) in [6.07, 6.45) is 5.43. The standard InChI is InChI=1S/C13H17N3O2/c1-18-13(17)10-5-12(14)15-6-11(10)16-7-8-2-3-9(16)4-8/h5-6,8-9H,2-4,7H2,1H3,(H2,14,15). The van der Waals surface area contributed by atoms with Gasteiger partial charge in [0.05, 0.1) is 24.6 Å². The van der Waals surface area contributed by atoms with Crippen molar-refractivity contribution in [1.82, 2.24) is 4.98 Å². The molecule has 96 valence electrons. The largest absolute Gasteiger partial charge is 0.465 e. The number of carbonyl (C=O) groups excluding carboxylic acids is 1. The van der Waals surface area contributed by atoms with Gasteiger partial charge in [-0.15, -0.1) is 0 Å². The third kappa shape index (κ3) is 1.70. The first-order valence-corrected chi connectivity index (χ1v) is 6.29. The van der Waals surface area contributed by atoms with Crippen LogP contribution in [0.4, 0.5) is 11.5 Å². The number of methoxy groups -OCH3 is 1. The van der Waals surface area contributed by atoms with E-state index < -0.39 is 0 Å². The molecular formula is C13H17N3O2. The number of fused-ring (bicyclic) bond motifs is 2. The smallest absolute Gasteiger partial charge is 0.340 e. The van der Waals surface area contributed by atoms with E-state index in [1.165, 1.54) is 26.4 Å². The number of nitrogens with zero attached hydrogens (tertiary/aromatic N) is 2. The summed E-state index contributed by atoms with van der Waals surface area (Å²) in [4.78, 5) is 18.2. The molecule has 18 heavy (non-hydrogen) atoms. The first kappa shape index (κ1) is 11.3. The number of rotatable bonds is 2. The van der Waals surface area contributed by atoms with Crippen molar-refractivity contribution in [3.05, 3.63) is 17.8 Å². The third-order valence-electron chi connectivity index (χ3n) is 4.03. The Morgan fingerprint density at radius 1 is 1.56 bits per heavy atom. The third-order valence-corrected chi connectivity index (χ3v) is 4.03. The normalized spacial score (nSPS) is 25.5. The zero-order valence-electron chi connectivity index (χ0n) is 10.4. The fourth-order valence-corrected chi connectivity index (χ4v) is 3.19. The highest BCUT2D eigenvalue weighted by Crippen LogP contribution is 2.41. The number of hydrogen-bond donors (Lipinski definition) is 1. The molecule has 3 rings (SSSR count). The number of anilines is 2. The molecule has 0 amide bonds. The van der Waals surface area contributed by atoms with E-state index in [-0.39, 0.29) is 5.97 Å². The van der Waals surface area contributed by atoms with Crippen LogP contribution in [-0.2, 0) is 4.74 Å². The van der Waals surface area contributed by atoms with Gasteiger partial charge in [0.25, 0.3) is 0 Å². The number of carbonyl (C=O) groups is 1. The summed E-state index contributed by atoms with van der Waals surface area (Å²) in [6, 6.07) is 2.15. The molecule has 1 aromatic rings. The van der Waals surface area contributed by atoms with E-state index in [0.29, 0.717) is 17.4 Å². The quantitative estimate of drug-likeness (QED) is 0.801. The highest BCUT2D eigenvalue weighted by atomic mass is 16.5. The van der Waals surface area contributed by atoms with Crippen LogP contribution in [0.25, 0.3) is 0 Å². The van der Waals surface area contributed by atoms with Gasteiger partial charge in [0.1, 0.15) is 5.82 Å². The Morgan fingerprint density at radius 3 is 3.00 bits per heavy atom. The molecule has 5 nitrogen and oxygen atoms in total. The molecule has 2 N–H and O–H groups in total.